The fraction of sp³-hybridized carbons (Fsp3) is 0.806. The normalized spacial score (nSPS) is 14.7. The Morgan fingerprint density at radius 1 is 0.566 bits per heavy atom. The van der Waals surface area contributed by atoms with Gasteiger partial charge in [-0.25, -0.2) is 9.59 Å². The average Bonchev–Trinajstić information content (AvgIpc) is 2.98. The number of carbonyl (C=O) groups is 6. The molecular formula is C31H54N2O18S2. The second-order valence-corrected chi connectivity index (χ2v) is 17.6. The minimum absolute atomic E-state index is 0.483. The molecule has 2 amide bonds. The number of aliphatic carboxylic acids is 2. The van der Waals surface area contributed by atoms with Gasteiger partial charge >= 0.3 is 36.1 Å². The standard InChI is InChI=1S/C31H54N2O18S2/c1-18(2)26(38)48-20(5)50-28(40)32-14-22(24(34)35)30(7,8)16-46-52(42,43)12-11-13-53(44,45)47-17-31(9,10)23(25(36)37)15-33-29(41)51-21(6)49-27(39)19(3)4/h18-23H,11-17H2,1-10H3,(H,32,40)(H,33,41)(H,34,35)(H,36,37)/t20?,21?,22-,23-/m0/s1. The monoisotopic (exact) mass is 806 g/mol. The van der Waals surface area contributed by atoms with Crippen molar-refractivity contribution < 1.29 is 83.1 Å². The van der Waals surface area contributed by atoms with Crippen molar-refractivity contribution in [3.8, 4) is 0 Å². The van der Waals surface area contributed by atoms with Crippen molar-refractivity contribution in [3.05, 3.63) is 0 Å². The first-order valence-corrected chi connectivity index (χ1v) is 19.7. The number of carboxylic acids is 2. The SMILES string of the molecule is CC(OC(=O)NC[C@@H](C(=O)O)C(C)(C)COS(=O)(=O)CCCS(=O)(=O)OCC(C)(C)[C@@H](CNC(=O)OC(C)OC(=O)C(C)C)C(=O)O)OC(=O)C(C)C. The summed E-state index contributed by atoms with van der Waals surface area (Å²) >= 11 is 0. The Morgan fingerprint density at radius 2 is 0.868 bits per heavy atom. The first kappa shape index (κ1) is 49.2. The lowest BCUT2D eigenvalue weighted by molar-refractivity contribution is -0.170. The predicted octanol–water partition coefficient (Wildman–Crippen LogP) is 2.07. The molecule has 0 radical (unpaired) electrons. The zero-order chi connectivity index (χ0) is 41.5. The number of alkyl carbamates (subject to hydrolysis) is 2. The third-order valence-electron chi connectivity index (χ3n) is 7.45. The predicted molar refractivity (Wildman–Crippen MR) is 184 cm³/mol. The highest BCUT2D eigenvalue weighted by atomic mass is 32.2. The second-order valence-electron chi connectivity index (χ2n) is 14.1. The van der Waals surface area contributed by atoms with Crippen LogP contribution in [0.15, 0.2) is 0 Å². The first-order chi connectivity index (χ1) is 24.0. The molecule has 53 heavy (non-hydrogen) atoms. The van der Waals surface area contributed by atoms with Gasteiger partial charge in [-0.3, -0.25) is 27.5 Å². The number of hydrogen-bond acceptors (Lipinski definition) is 16. The van der Waals surface area contributed by atoms with Gasteiger partial charge in [-0.15, -0.1) is 0 Å². The van der Waals surface area contributed by atoms with Crippen LogP contribution in [0.5, 0.6) is 0 Å². The van der Waals surface area contributed by atoms with E-state index in [-0.39, 0.29) is 0 Å². The number of amides is 2. The summed E-state index contributed by atoms with van der Waals surface area (Å²) in [7, 11) is -8.79. The average molecular weight is 807 g/mol. The second kappa shape index (κ2) is 21.2. The molecule has 0 aliphatic rings. The first-order valence-electron chi connectivity index (χ1n) is 16.5. The largest absolute Gasteiger partial charge is 0.481 e. The quantitative estimate of drug-likeness (QED) is 0.0616. The van der Waals surface area contributed by atoms with E-state index in [0.717, 1.165) is 0 Å². The summed E-state index contributed by atoms with van der Waals surface area (Å²) in [6, 6.07) is 0. The molecule has 22 heteroatoms. The van der Waals surface area contributed by atoms with Gasteiger partial charge in [0.2, 0.25) is 12.6 Å². The molecule has 0 saturated carbocycles. The van der Waals surface area contributed by atoms with Crippen molar-refractivity contribution in [1.82, 2.24) is 10.6 Å². The Bertz CT molecular complexity index is 1380. The number of carbonyl (C=O) groups excluding carboxylic acids is 4. The van der Waals surface area contributed by atoms with Crippen LogP contribution in [0.1, 0.15) is 75.7 Å². The summed E-state index contributed by atoms with van der Waals surface area (Å²) in [6.45, 7) is 12.0. The number of rotatable bonds is 24. The van der Waals surface area contributed by atoms with Crippen LogP contribution in [-0.2, 0) is 66.7 Å². The van der Waals surface area contributed by atoms with Crippen molar-refractivity contribution in [2.45, 2.75) is 88.2 Å². The van der Waals surface area contributed by atoms with E-state index in [1.165, 1.54) is 41.5 Å². The van der Waals surface area contributed by atoms with Gasteiger partial charge in [-0.05, 0) is 6.42 Å². The lowest BCUT2D eigenvalue weighted by Gasteiger charge is -2.31. The van der Waals surface area contributed by atoms with Gasteiger partial charge in [0.25, 0.3) is 20.2 Å². The highest BCUT2D eigenvalue weighted by Crippen LogP contribution is 2.29. The minimum atomic E-state index is -4.40. The number of carboxylic acid groups (broad SMARTS) is 2. The molecule has 0 rings (SSSR count). The number of hydrogen-bond donors (Lipinski definition) is 4. The number of nitrogens with one attached hydrogen (secondary N) is 2. The Balaban J connectivity index is 5.08. The molecule has 4 N–H and O–H groups in total. The summed E-state index contributed by atoms with van der Waals surface area (Å²) in [6.07, 6.45) is -5.22. The van der Waals surface area contributed by atoms with Crippen LogP contribution in [0.2, 0.25) is 0 Å². The minimum Gasteiger partial charge on any atom is -0.481 e. The van der Waals surface area contributed by atoms with Gasteiger partial charge in [-0.1, -0.05) is 55.4 Å². The lowest BCUT2D eigenvalue weighted by atomic mass is 9.79. The number of ether oxygens (including phenoxy) is 4. The van der Waals surface area contributed by atoms with Crippen LogP contribution in [0.4, 0.5) is 9.59 Å². The molecule has 0 aliphatic carbocycles. The molecule has 4 atom stereocenters. The molecule has 0 fully saturated rings. The van der Waals surface area contributed by atoms with E-state index in [9.17, 15) is 55.8 Å². The van der Waals surface area contributed by atoms with E-state index in [4.69, 9.17) is 27.3 Å². The Kier molecular flexibility index (Phi) is 19.7. The topological polar surface area (TPSA) is 291 Å². The van der Waals surface area contributed by atoms with Gasteiger partial charge < -0.3 is 39.8 Å². The Morgan fingerprint density at radius 3 is 1.13 bits per heavy atom. The van der Waals surface area contributed by atoms with E-state index in [1.807, 2.05) is 0 Å². The molecule has 0 heterocycles. The van der Waals surface area contributed by atoms with Crippen molar-refractivity contribution in [2.24, 2.45) is 34.5 Å². The third kappa shape index (κ3) is 19.8. The molecule has 2 unspecified atom stereocenters. The fourth-order valence-electron chi connectivity index (χ4n) is 4.01. The smallest absolute Gasteiger partial charge is 0.410 e. The lowest BCUT2D eigenvalue weighted by Crippen LogP contribution is -2.44. The maximum absolute atomic E-state index is 12.6. The van der Waals surface area contributed by atoms with Gasteiger partial charge in [0.1, 0.15) is 0 Å². The highest BCUT2D eigenvalue weighted by molar-refractivity contribution is 7.87. The molecule has 308 valence electrons. The summed E-state index contributed by atoms with van der Waals surface area (Å²) in [5.41, 5.74) is -2.79. The van der Waals surface area contributed by atoms with Crippen molar-refractivity contribution in [3.63, 3.8) is 0 Å². The number of esters is 2. The van der Waals surface area contributed by atoms with Crippen LogP contribution in [0.25, 0.3) is 0 Å². The molecule has 0 saturated heterocycles. The molecule has 20 nitrogen and oxygen atoms in total. The van der Waals surface area contributed by atoms with Crippen molar-refractivity contribution in [2.75, 3.05) is 37.8 Å². The summed E-state index contributed by atoms with van der Waals surface area (Å²) in [4.78, 5) is 71.4. The fourth-order valence-corrected chi connectivity index (χ4v) is 6.39. The Hall–Kier alpha value is -3.76. The molecule has 0 aromatic heterocycles. The van der Waals surface area contributed by atoms with Gasteiger partial charge in [0, 0.05) is 37.8 Å². The summed E-state index contributed by atoms with van der Waals surface area (Å²) < 4.78 is 79.8. The zero-order valence-electron chi connectivity index (χ0n) is 31.7. The molecule has 0 aromatic rings. The molecule has 0 bridgehead atoms. The van der Waals surface area contributed by atoms with E-state index in [0.29, 0.717) is 0 Å². The highest BCUT2D eigenvalue weighted by Gasteiger charge is 2.39. The van der Waals surface area contributed by atoms with Crippen molar-refractivity contribution in [1.29, 1.82) is 0 Å². The van der Waals surface area contributed by atoms with Crippen LogP contribution < -0.4 is 10.6 Å². The maximum atomic E-state index is 12.6. The molecule has 0 aliphatic heterocycles. The summed E-state index contributed by atoms with van der Waals surface area (Å²) in [5, 5.41) is 23.9. The van der Waals surface area contributed by atoms with Crippen LogP contribution in [0.3, 0.4) is 0 Å². The zero-order valence-corrected chi connectivity index (χ0v) is 33.3. The van der Waals surface area contributed by atoms with Crippen LogP contribution in [-0.4, -0.2) is 114 Å². The third-order valence-corrected chi connectivity index (χ3v) is 9.98. The van der Waals surface area contributed by atoms with E-state index < -0.39 is 148 Å². The molecule has 0 aromatic carbocycles. The van der Waals surface area contributed by atoms with Gasteiger partial charge in [0.15, 0.2) is 0 Å². The van der Waals surface area contributed by atoms with Crippen LogP contribution in [0, 0.1) is 34.5 Å². The summed E-state index contributed by atoms with van der Waals surface area (Å²) in [5.74, 6) is -9.41. The Labute approximate surface area is 310 Å². The van der Waals surface area contributed by atoms with Crippen LogP contribution >= 0.6 is 0 Å². The van der Waals surface area contributed by atoms with E-state index >= 15 is 0 Å². The van der Waals surface area contributed by atoms with E-state index in [1.54, 1.807) is 27.7 Å². The molecular weight excluding hydrogens is 752 g/mol. The van der Waals surface area contributed by atoms with E-state index in [2.05, 4.69) is 10.6 Å². The maximum Gasteiger partial charge on any atom is 0.410 e. The van der Waals surface area contributed by atoms with Gasteiger partial charge in [-0.2, -0.15) is 16.8 Å². The molecule has 0 spiro atoms. The van der Waals surface area contributed by atoms with Gasteiger partial charge in [0.05, 0.1) is 48.4 Å². The van der Waals surface area contributed by atoms with Crippen molar-refractivity contribution >= 4 is 56.3 Å².